The topological polar surface area (TPSA) is 37.8 Å². The van der Waals surface area contributed by atoms with Crippen molar-refractivity contribution in [1.29, 1.82) is 0 Å². The number of nitrogens with one attached hydrogen (secondary N) is 1. The standard InChI is InChI=1S/C13H12N2O/c1-8-7-15(2)13(16)12-11(8)9-5-3-4-6-10(9)14-12/h3-7,14H,1-2H3. The van der Waals surface area contributed by atoms with Gasteiger partial charge in [-0.05, 0) is 18.6 Å². The Kier molecular flexibility index (Phi) is 1.72. The lowest BCUT2D eigenvalue weighted by atomic mass is 10.1. The summed E-state index contributed by atoms with van der Waals surface area (Å²) in [4.78, 5) is 15.2. The minimum absolute atomic E-state index is 0.0248. The van der Waals surface area contributed by atoms with Gasteiger partial charge in [-0.15, -0.1) is 0 Å². The van der Waals surface area contributed by atoms with Crippen LogP contribution in [0.2, 0.25) is 0 Å². The summed E-state index contributed by atoms with van der Waals surface area (Å²) < 4.78 is 1.62. The molecule has 0 fully saturated rings. The second-order valence-electron chi connectivity index (χ2n) is 4.15. The summed E-state index contributed by atoms with van der Waals surface area (Å²) in [6.45, 7) is 2.03. The van der Waals surface area contributed by atoms with Gasteiger partial charge in [0.25, 0.3) is 5.56 Å². The van der Waals surface area contributed by atoms with Gasteiger partial charge in [0.05, 0.1) is 0 Å². The highest BCUT2D eigenvalue weighted by Crippen LogP contribution is 2.25. The summed E-state index contributed by atoms with van der Waals surface area (Å²) in [6, 6.07) is 8.00. The molecule has 16 heavy (non-hydrogen) atoms. The zero-order valence-electron chi connectivity index (χ0n) is 9.24. The van der Waals surface area contributed by atoms with Crippen molar-refractivity contribution in [3.05, 3.63) is 46.4 Å². The second kappa shape index (κ2) is 2.98. The second-order valence-corrected chi connectivity index (χ2v) is 4.15. The molecule has 0 atom stereocenters. The smallest absolute Gasteiger partial charge is 0.274 e. The molecule has 0 amide bonds. The number of aromatic amines is 1. The molecule has 0 aliphatic heterocycles. The molecule has 0 saturated carbocycles. The molecule has 3 aromatic rings. The third-order valence-corrected chi connectivity index (χ3v) is 3.02. The van der Waals surface area contributed by atoms with E-state index in [-0.39, 0.29) is 5.56 Å². The van der Waals surface area contributed by atoms with E-state index in [0.29, 0.717) is 5.52 Å². The number of aromatic nitrogens is 2. The van der Waals surface area contributed by atoms with Crippen LogP contribution in [0.15, 0.2) is 35.3 Å². The Morgan fingerprint density at radius 1 is 1.25 bits per heavy atom. The highest BCUT2D eigenvalue weighted by Gasteiger charge is 2.10. The number of fused-ring (bicyclic) bond motifs is 3. The number of hydrogen-bond acceptors (Lipinski definition) is 1. The minimum Gasteiger partial charge on any atom is -0.350 e. The fraction of sp³-hybridized carbons (Fsp3) is 0.154. The molecule has 0 aliphatic rings. The van der Waals surface area contributed by atoms with Crippen LogP contribution in [-0.2, 0) is 7.05 Å². The molecule has 1 N–H and O–H groups in total. The van der Waals surface area contributed by atoms with Crippen LogP contribution in [0.1, 0.15) is 5.56 Å². The summed E-state index contributed by atoms with van der Waals surface area (Å²) in [6.07, 6.45) is 1.88. The van der Waals surface area contributed by atoms with Gasteiger partial charge in [0, 0.05) is 29.5 Å². The van der Waals surface area contributed by atoms with Crippen LogP contribution in [0.5, 0.6) is 0 Å². The van der Waals surface area contributed by atoms with Gasteiger partial charge in [-0.2, -0.15) is 0 Å². The third kappa shape index (κ3) is 1.05. The van der Waals surface area contributed by atoms with Gasteiger partial charge in [-0.3, -0.25) is 4.79 Å². The zero-order valence-corrected chi connectivity index (χ0v) is 9.24. The molecule has 3 nitrogen and oxygen atoms in total. The maximum Gasteiger partial charge on any atom is 0.274 e. The SMILES string of the molecule is Cc1cn(C)c(=O)c2[nH]c3ccccc3c12. The zero-order chi connectivity index (χ0) is 11.3. The van der Waals surface area contributed by atoms with Crippen LogP contribution in [0.4, 0.5) is 0 Å². The van der Waals surface area contributed by atoms with Crippen molar-refractivity contribution >= 4 is 21.8 Å². The van der Waals surface area contributed by atoms with Crippen LogP contribution in [0.25, 0.3) is 21.8 Å². The van der Waals surface area contributed by atoms with E-state index in [2.05, 4.69) is 4.98 Å². The third-order valence-electron chi connectivity index (χ3n) is 3.02. The molecule has 2 heterocycles. The fourth-order valence-corrected chi connectivity index (χ4v) is 2.30. The van der Waals surface area contributed by atoms with E-state index in [0.717, 1.165) is 21.9 Å². The van der Waals surface area contributed by atoms with E-state index in [4.69, 9.17) is 0 Å². The van der Waals surface area contributed by atoms with Crippen molar-refractivity contribution in [3.63, 3.8) is 0 Å². The van der Waals surface area contributed by atoms with Crippen LogP contribution in [-0.4, -0.2) is 9.55 Å². The summed E-state index contributed by atoms with van der Waals surface area (Å²) in [7, 11) is 1.78. The van der Waals surface area contributed by atoms with Gasteiger partial charge in [0.15, 0.2) is 0 Å². The first kappa shape index (κ1) is 9.21. The Balaban J connectivity index is 2.70. The molecule has 0 radical (unpaired) electrons. The number of nitrogens with zero attached hydrogens (tertiary/aromatic N) is 1. The van der Waals surface area contributed by atoms with Crippen molar-refractivity contribution in [3.8, 4) is 0 Å². The Labute approximate surface area is 92.3 Å². The summed E-state index contributed by atoms with van der Waals surface area (Å²) in [5.41, 5.74) is 2.86. The predicted octanol–water partition coefficient (Wildman–Crippen LogP) is 2.33. The van der Waals surface area contributed by atoms with Gasteiger partial charge in [-0.1, -0.05) is 18.2 Å². The molecule has 0 unspecified atom stereocenters. The molecule has 0 bridgehead atoms. The maximum absolute atomic E-state index is 12.0. The molecule has 80 valence electrons. The van der Waals surface area contributed by atoms with E-state index in [1.54, 1.807) is 11.6 Å². The van der Waals surface area contributed by atoms with E-state index < -0.39 is 0 Å². The molecule has 2 aromatic heterocycles. The average Bonchev–Trinajstić information content (AvgIpc) is 2.65. The van der Waals surface area contributed by atoms with Crippen molar-refractivity contribution < 1.29 is 0 Å². The summed E-state index contributed by atoms with van der Waals surface area (Å²) in [5.74, 6) is 0. The Morgan fingerprint density at radius 3 is 2.81 bits per heavy atom. The van der Waals surface area contributed by atoms with Crippen molar-refractivity contribution in [1.82, 2.24) is 9.55 Å². The molecule has 0 spiro atoms. The van der Waals surface area contributed by atoms with Crippen molar-refractivity contribution in [2.45, 2.75) is 6.92 Å². The molecular weight excluding hydrogens is 200 g/mol. The largest absolute Gasteiger partial charge is 0.350 e. The van der Waals surface area contributed by atoms with Gasteiger partial charge >= 0.3 is 0 Å². The highest BCUT2D eigenvalue weighted by molar-refractivity contribution is 6.08. The number of aryl methyl sites for hydroxylation is 2. The summed E-state index contributed by atoms with van der Waals surface area (Å²) >= 11 is 0. The fourth-order valence-electron chi connectivity index (χ4n) is 2.30. The van der Waals surface area contributed by atoms with Crippen molar-refractivity contribution in [2.75, 3.05) is 0 Å². The number of rotatable bonds is 0. The minimum atomic E-state index is 0.0248. The first-order chi connectivity index (χ1) is 7.68. The molecule has 0 aliphatic carbocycles. The highest BCUT2D eigenvalue weighted by atomic mass is 16.1. The van der Waals surface area contributed by atoms with Crippen LogP contribution in [0, 0.1) is 6.92 Å². The Hall–Kier alpha value is -2.03. The van der Waals surface area contributed by atoms with Gasteiger partial charge in [0.1, 0.15) is 5.52 Å². The first-order valence-corrected chi connectivity index (χ1v) is 5.25. The molecule has 3 rings (SSSR count). The van der Waals surface area contributed by atoms with Gasteiger partial charge < -0.3 is 9.55 Å². The number of pyridine rings is 1. The Bertz CT molecular complexity index is 750. The van der Waals surface area contributed by atoms with Crippen molar-refractivity contribution in [2.24, 2.45) is 7.05 Å². The average molecular weight is 212 g/mol. The van der Waals surface area contributed by atoms with Gasteiger partial charge in [-0.25, -0.2) is 0 Å². The molecule has 3 heteroatoms. The molecule has 0 saturated heterocycles. The van der Waals surface area contributed by atoms with Crippen LogP contribution < -0.4 is 5.56 Å². The van der Waals surface area contributed by atoms with E-state index in [1.165, 1.54) is 0 Å². The van der Waals surface area contributed by atoms with E-state index >= 15 is 0 Å². The van der Waals surface area contributed by atoms with Crippen LogP contribution >= 0.6 is 0 Å². The van der Waals surface area contributed by atoms with Crippen LogP contribution in [0.3, 0.4) is 0 Å². The lowest BCUT2D eigenvalue weighted by molar-refractivity contribution is 0.864. The van der Waals surface area contributed by atoms with E-state index in [1.807, 2.05) is 37.4 Å². The normalized spacial score (nSPS) is 11.4. The number of H-pyrrole nitrogens is 1. The maximum atomic E-state index is 12.0. The lowest BCUT2D eigenvalue weighted by Crippen LogP contribution is -2.16. The number of benzene rings is 1. The lowest BCUT2D eigenvalue weighted by Gasteiger charge is -2.01. The van der Waals surface area contributed by atoms with Gasteiger partial charge in [0.2, 0.25) is 0 Å². The first-order valence-electron chi connectivity index (χ1n) is 5.25. The monoisotopic (exact) mass is 212 g/mol. The molecular formula is C13H12N2O. The number of hydrogen-bond donors (Lipinski definition) is 1. The Morgan fingerprint density at radius 2 is 2.00 bits per heavy atom. The summed E-state index contributed by atoms with van der Waals surface area (Å²) in [5, 5.41) is 2.16. The van der Waals surface area contributed by atoms with E-state index in [9.17, 15) is 4.79 Å². The molecule has 1 aromatic carbocycles. The predicted molar refractivity (Wildman–Crippen MR) is 65.8 cm³/mol. The number of para-hydroxylation sites is 1. The quantitative estimate of drug-likeness (QED) is 0.610.